The molecular weight excluding hydrogens is 288 g/mol. The Morgan fingerprint density at radius 1 is 1.29 bits per heavy atom. The maximum atomic E-state index is 11.9. The molecule has 5 heteroatoms. The predicted octanol–water partition coefficient (Wildman–Crippen LogP) is 3.37. The third kappa shape index (κ3) is 2.45. The zero-order valence-corrected chi connectivity index (χ0v) is 11.9. The smallest absolute Gasteiger partial charge is 0.258 e. The molecule has 106 valence electrons. The van der Waals surface area contributed by atoms with E-state index in [0.29, 0.717) is 34.1 Å². The van der Waals surface area contributed by atoms with E-state index in [1.54, 1.807) is 18.2 Å². The minimum absolute atomic E-state index is 0.160. The van der Waals surface area contributed by atoms with E-state index in [1.807, 2.05) is 18.2 Å². The van der Waals surface area contributed by atoms with Gasteiger partial charge in [0.2, 0.25) is 0 Å². The lowest BCUT2D eigenvalue weighted by Crippen LogP contribution is -2.13. The SMILES string of the molecule is C=C1NC(=O)c2c(NCc3cc(Cl)ccc3O)cccc21. The molecule has 0 saturated heterocycles. The normalized spacial score (nSPS) is 13.0. The highest BCUT2D eigenvalue weighted by atomic mass is 35.5. The first-order valence-electron chi connectivity index (χ1n) is 6.41. The van der Waals surface area contributed by atoms with E-state index < -0.39 is 0 Å². The minimum Gasteiger partial charge on any atom is -0.508 e. The third-order valence-corrected chi connectivity index (χ3v) is 3.63. The van der Waals surface area contributed by atoms with E-state index in [2.05, 4.69) is 17.2 Å². The first kappa shape index (κ1) is 13.5. The molecule has 2 aromatic carbocycles. The van der Waals surface area contributed by atoms with Crippen molar-refractivity contribution >= 4 is 28.9 Å². The fraction of sp³-hybridized carbons (Fsp3) is 0.0625. The molecule has 0 saturated carbocycles. The number of phenols is 1. The highest BCUT2D eigenvalue weighted by Crippen LogP contribution is 2.30. The summed E-state index contributed by atoms with van der Waals surface area (Å²) in [6, 6.07) is 10.4. The summed E-state index contributed by atoms with van der Waals surface area (Å²) in [6.45, 7) is 4.18. The van der Waals surface area contributed by atoms with Gasteiger partial charge in [-0.25, -0.2) is 0 Å². The Balaban J connectivity index is 1.89. The number of phenolic OH excluding ortho intramolecular Hbond substituents is 1. The Bertz CT molecular complexity index is 756. The van der Waals surface area contributed by atoms with Gasteiger partial charge >= 0.3 is 0 Å². The molecule has 3 N–H and O–H groups in total. The van der Waals surface area contributed by atoms with Gasteiger partial charge in [0.15, 0.2) is 0 Å². The van der Waals surface area contributed by atoms with Crippen molar-refractivity contribution in [2.24, 2.45) is 0 Å². The van der Waals surface area contributed by atoms with Crippen molar-refractivity contribution in [2.45, 2.75) is 6.54 Å². The Labute approximate surface area is 127 Å². The average molecular weight is 301 g/mol. The van der Waals surface area contributed by atoms with E-state index in [0.717, 1.165) is 5.56 Å². The van der Waals surface area contributed by atoms with E-state index in [9.17, 15) is 9.90 Å². The molecule has 0 spiro atoms. The van der Waals surface area contributed by atoms with Gasteiger partial charge < -0.3 is 15.7 Å². The van der Waals surface area contributed by atoms with Crippen LogP contribution in [0.2, 0.25) is 5.02 Å². The Hall–Kier alpha value is -2.46. The lowest BCUT2D eigenvalue weighted by atomic mass is 10.1. The van der Waals surface area contributed by atoms with Crippen LogP contribution in [-0.4, -0.2) is 11.0 Å². The molecule has 1 aliphatic heterocycles. The van der Waals surface area contributed by atoms with Gasteiger partial charge in [0.05, 0.1) is 5.56 Å². The molecule has 0 bridgehead atoms. The van der Waals surface area contributed by atoms with Crippen molar-refractivity contribution in [3.05, 3.63) is 64.7 Å². The summed E-state index contributed by atoms with van der Waals surface area (Å²) in [5, 5.41) is 16.2. The maximum Gasteiger partial charge on any atom is 0.258 e. The van der Waals surface area contributed by atoms with Crippen molar-refractivity contribution < 1.29 is 9.90 Å². The molecule has 0 aliphatic carbocycles. The van der Waals surface area contributed by atoms with Crippen molar-refractivity contribution in [3.8, 4) is 5.75 Å². The van der Waals surface area contributed by atoms with Crippen LogP contribution >= 0.6 is 11.6 Å². The molecule has 1 aliphatic rings. The van der Waals surface area contributed by atoms with Crippen molar-refractivity contribution in [1.29, 1.82) is 0 Å². The molecule has 0 radical (unpaired) electrons. The summed E-state index contributed by atoms with van der Waals surface area (Å²) in [5.74, 6) is -0.0123. The van der Waals surface area contributed by atoms with Gasteiger partial charge in [0.1, 0.15) is 5.75 Å². The number of hydrogen-bond donors (Lipinski definition) is 3. The number of anilines is 1. The molecule has 0 atom stereocenters. The predicted molar refractivity (Wildman–Crippen MR) is 83.4 cm³/mol. The summed E-state index contributed by atoms with van der Waals surface area (Å²) in [4.78, 5) is 11.9. The number of amides is 1. The highest BCUT2D eigenvalue weighted by molar-refractivity contribution is 6.30. The number of aromatic hydroxyl groups is 1. The zero-order chi connectivity index (χ0) is 15.0. The Morgan fingerprint density at radius 3 is 2.90 bits per heavy atom. The van der Waals surface area contributed by atoms with Gasteiger partial charge in [-0.05, 0) is 24.3 Å². The summed E-state index contributed by atoms with van der Waals surface area (Å²) in [7, 11) is 0. The summed E-state index contributed by atoms with van der Waals surface area (Å²) < 4.78 is 0. The molecular formula is C16H13ClN2O2. The first-order chi connectivity index (χ1) is 10.1. The second kappa shape index (κ2) is 5.14. The molecule has 0 aromatic heterocycles. The fourth-order valence-corrected chi connectivity index (χ4v) is 2.54. The zero-order valence-electron chi connectivity index (χ0n) is 11.1. The second-order valence-electron chi connectivity index (χ2n) is 4.79. The summed E-state index contributed by atoms with van der Waals surface area (Å²) in [6.07, 6.45) is 0. The highest BCUT2D eigenvalue weighted by Gasteiger charge is 2.25. The summed E-state index contributed by atoms with van der Waals surface area (Å²) in [5.41, 5.74) is 3.33. The van der Waals surface area contributed by atoms with E-state index in [1.165, 1.54) is 0 Å². The first-order valence-corrected chi connectivity index (χ1v) is 6.79. The van der Waals surface area contributed by atoms with Crippen LogP contribution in [-0.2, 0) is 6.54 Å². The van der Waals surface area contributed by atoms with Crippen molar-refractivity contribution in [1.82, 2.24) is 5.32 Å². The molecule has 4 nitrogen and oxygen atoms in total. The van der Waals surface area contributed by atoms with Gasteiger partial charge in [-0.15, -0.1) is 0 Å². The van der Waals surface area contributed by atoms with Crippen LogP contribution in [0.4, 0.5) is 5.69 Å². The quantitative estimate of drug-likeness (QED) is 0.814. The number of carbonyl (C=O) groups is 1. The van der Waals surface area contributed by atoms with Crippen LogP contribution in [0.5, 0.6) is 5.75 Å². The van der Waals surface area contributed by atoms with Gasteiger partial charge in [0.25, 0.3) is 5.91 Å². The Kier molecular flexibility index (Phi) is 3.31. The van der Waals surface area contributed by atoms with E-state index >= 15 is 0 Å². The minimum atomic E-state index is -0.173. The van der Waals surface area contributed by atoms with Crippen LogP contribution < -0.4 is 10.6 Å². The number of fused-ring (bicyclic) bond motifs is 1. The van der Waals surface area contributed by atoms with Crippen molar-refractivity contribution in [3.63, 3.8) is 0 Å². The van der Waals surface area contributed by atoms with Crippen LogP contribution in [0, 0.1) is 0 Å². The molecule has 2 aromatic rings. The topological polar surface area (TPSA) is 61.4 Å². The Morgan fingerprint density at radius 2 is 2.10 bits per heavy atom. The van der Waals surface area contributed by atoms with Crippen LogP contribution in [0.1, 0.15) is 21.5 Å². The van der Waals surface area contributed by atoms with Crippen LogP contribution in [0.15, 0.2) is 43.0 Å². The molecule has 3 rings (SSSR count). The number of carbonyl (C=O) groups excluding carboxylic acids is 1. The van der Waals surface area contributed by atoms with Gasteiger partial charge in [-0.2, -0.15) is 0 Å². The van der Waals surface area contributed by atoms with Gasteiger partial charge in [-0.3, -0.25) is 4.79 Å². The van der Waals surface area contributed by atoms with E-state index in [-0.39, 0.29) is 11.7 Å². The lowest BCUT2D eigenvalue weighted by molar-refractivity contribution is 0.0982. The van der Waals surface area contributed by atoms with Gasteiger partial charge in [-0.1, -0.05) is 30.3 Å². The number of hydrogen-bond acceptors (Lipinski definition) is 3. The number of nitrogens with one attached hydrogen (secondary N) is 2. The summed E-state index contributed by atoms with van der Waals surface area (Å²) >= 11 is 5.92. The van der Waals surface area contributed by atoms with Crippen LogP contribution in [0.25, 0.3) is 5.70 Å². The third-order valence-electron chi connectivity index (χ3n) is 3.39. The molecule has 0 unspecified atom stereocenters. The average Bonchev–Trinajstić information content (AvgIpc) is 2.76. The van der Waals surface area contributed by atoms with Gasteiger partial charge in [0, 0.05) is 34.1 Å². The lowest BCUT2D eigenvalue weighted by Gasteiger charge is -2.11. The number of rotatable bonds is 3. The molecule has 21 heavy (non-hydrogen) atoms. The molecule has 1 amide bonds. The number of benzene rings is 2. The standard InChI is InChI=1S/C16H13ClN2O2/c1-9-12-3-2-4-13(15(12)16(21)19-9)18-8-10-7-11(17)5-6-14(10)20/h2-7,18,20H,1,8H2,(H,19,21). The van der Waals surface area contributed by atoms with E-state index in [4.69, 9.17) is 11.6 Å². The maximum absolute atomic E-state index is 11.9. The van der Waals surface area contributed by atoms with Crippen molar-refractivity contribution in [2.75, 3.05) is 5.32 Å². The number of halogens is 1. The largest absolute Gasteiger partial charge is 0.508 e. The molecule has 0 fully saturated rings. The van der Waals surface area contributed by atoms with Crippen LogP contribution in [0.3, 0.4) is 0 Å². The second-order valence-corrected chi connectivity index (χ2v) is 5.22. The monoisotopic (exact) mass is 300 g/mol. The fourth-order valence-electron chi connectivity index (χ4n) is 2.35. The molecule has 1 heterocycles.